The molecule has 1 heterocycles. The highest BCUT2D eigenvalue weighted by atomic mass is 19.2. The van der Waals surface area contributed by atoms with Crippen molar-refractivity contribution in [2.24, 2.45) is 5.41 Å². The Morgan fingerprint density at radius 2 is 1.77 bits per heavy atom. The predicted octanol–water partition coefficient (Wildman–Crippen LogP) is 4.15. The lowest BCUT2D eigenvalue weighted by Gasteiger charge is -2.26. The summed E-state index contributed by atoms with van der Waals surface area (Å²) < 4.78 is 26.3. The average Bonchev–Trinajstić information content (AvgIpc) is 2.98. The lowest BCUT2D eigenvalue weighted by Crippen LogP contribution is -2.38. The van der Waals surface area contributed by atoms with Crippen LogP contribution in [0, 0.1) is 17.0 Å². The Hall–Kier alpha value is -2.76. The summed E-state index contributed by atoms with van der Waals surface area (Å²) in [7, 11) is 0. The Morgan fingerprint density at radius 3 is 2.42 bits per heavy atom. The van der Waals surface area contributed by atoms with Gasteiger partial charge in [-0.3, -0.25) is 9.59 Å². The fraction of sp³-hybridized carbons (Fsp3) is 0.300. The number of benzene rings is 2. The Labute approximate surface area is 150 Å². The van der Waals surface area contributed by atoms with Gasteiger partial charge in [-0.05, 0) is 48.4 Å². The zero-order valence-corrected chi connectivity index (χ0v) is 14.9. The molecule has 0 saturated carbocycles. The van der Waals surface area contributed by atoms with Gasteiger partial charge in [-0.15, -0.1) is 0 Å². The predicted molar refractivity (Wildman–Crippen MR) is 96.3 cm³/mol. The van der Waals surface area contributed by atoms with E-state index in [0.717, 1.165) is 23.4 Å². The molecule has 2 aromatic rings. The van der Waals surface area contributed by atoms with Gasteiger partial charge in [0.1, 0.15) is 0 Å². The third-order valence-electron chi connectivity index (χ3n) is 4.30. The van der Waals surface area contributed by atoms with E-state index in [1.807, 2.05) is 26.8 Å². The number of halogens is 2. The van der Waals surface area contributed by atoms with Gasteiger partial charge in [0, 0.05) is 28.9 Å². The Morgan fingerprint density at radius 1 is 1.04 bits per heavy atom. The largest absolute Gasteiger partial charge is 0.322 e. The average molecular weight is 358 g/mol. The van der Waals surface area contributed by atoms with E-state index in [4.69, 9.17) is 0 Å². The maximum Gasteiger partial charge on any atom is 0.255 e. The SMILES string of the molecule is CC(C)(C)C(=O)N1CCc2cc(NC(=O)c3ccc(F)c(F)c3)ccc21. The lowest BCUT2D eigenvalue weighted by atomic mass is 9.94. The van der Waals surface area contributed by atoms with Crippen LogP contribution in [0.25, 0.3) is 0 Å². The fourth-order valence-electron chi connectivity index (χ4n) is 2.94. The van der Waals surface area contributed by atoms with E-state index in [1.54, 1.807) is 17.0 Å². The molecule has 26 heavy (non-hydrogen) atoms. The monoisotopic (exact) mass is 358 g/mol. The molecule has 0 radical (unpaired) electrons. The van der Waals surface area contributed by atoms with Crippen LogP contribution in [-0.4, -0.2) is 18.4 Å². The third-order valence-corrected chi connectivity index (χ3v) is 4.30. The van der Waals surface area contributed by atoms with Crippen molar-refractivity contribution < 1.29 is 18.4 Å². The number of amides is 2. The van der Waals surface area contributed by atoms with Gasteiger partial charge in [0.25, 0.3) is 5.91 Å². The summed E-state index contributed by atoms with van der Waals surface area (Å²) in [6.45, 7) is 6.24. The molecule has 0 spiro atoms. The molecule has 0 atom stereocenters. The maximum absolute atomic E-state index is 13.3. The number of fused-ring (bicyclic) bond motifs is 1. The van der Waals surface area contributed by atoms with Crippen molar-refractivity contribution in [1.29, 1.82) is 0 Å². The zero-order valence-electron chi connectivity index (χ0n) is 14.9. The van der Waals surface area contributed by atoms with E-state index < -0.39 is 23.0 Å². The number of rotatable bonds is 2. The zero-order chi connectivity index (χ0) is 19.1. The van der Waals surface area contributed by atoms with Gasteiger partial charge in [0.15, 0.2) is 11.6 Å². The van der Waals surface area contributed by atoms with Crippen LogP contribution in [0.5, 0.6) is 0 Å². The van der Waals surface area contributed by atoms with E-state index in [1.165, 1.54) is 6.07 Å². The maximum atomic E-state index is 13.3. The Bertz CT molecular complexity index is 888. The quantitative estimate of drug-likeness (QED) is 0.877. The Kier molecular flexibility index (Phi) is 4.52. The van der Waals surface area contributed by atoms with Gasteiger partial charge >= 0.3 is 0 Å². The normalized spacial score (nSPS) is 13.5. The van der Waals surface area contributed by atoms with Crippen molar-refractivity contribution in [2.75, 3.05) is 16.8 Å². The highest BCUT2D eigenvalue weighted by molar-refractivity contribution is 6.05. The summed E-state index contributed by atoms with van der Waals surface area (Å²) in [5, 5.41) is 2.68. The fourth-order valence-corrected chi connectivity index (χ4v) is 2.94. The van der Waals surface area contributed by atoms with Crippen LogP contribution < -0.4 is 10.2 Å². The first-order chi connectivity index (χ1) is 12.2. The van der Waals surface area contributed by atoms with E-state index in [2.05, 4.69) is 5.32 Å². The second-order valence-corrected chi connectivity index (χ2v) is 7.38. The van der Waals surface area contributed by atoms with Crippen LogP contribution in [0.3, 0.4) is 0 Å². The first-order valence-electron chi connectivity index (χ1n) is 8.38. The summed E-state index contributed by atoms with van der Waals surface area (Å²) in [4.78, 5) is 26.5. The topological polar surface area (TPSA) is 49.4 Å². The van der Waals surface area contributed by atoms with Crippen molar-refractivity contribution in [1.82, 2.24) is 0 Å². The van der Waals surface area contributed by atoms with Gasteiger partial charge in [-0.2, -0.15) is 0 Å². The number of anilines is 2. The number of hydrogen-bond acceptors (Lipinski definition) is 2. The molecule has 1 aliphatic heterocycles. The van der Waals surface area contributed by atoms with Gasteiger partial charge in [0.05, 0.1) is 0 Å². The standard InChI is InChI=1S/C20H20F2N2O2/c1-20(2,3)19(26)24-9-8-12-10-14(5-7-17(12)24)23-18(25)13-4-6-15(21)16(22)11-13/h4-7,10-11H,8-9H2,1-3H3,(H,23,25). The minimum Gasteiger partial charge on any atom is -0.322 e. The molecule has 1 aliphatic rings. The van der Waals surface area contributed by atoms with Crippen LogP contribution in [-0.2, 0) is 11.2 Å². The second kappa shape index (κ2) is 6.52. The molecule has 3 rings (SSSR count). The van der Waals surface area contributed by atoms with Crippen LogP contribution in [0.1, 0.15) is 36.7 Å². The summed E-state index contributed by atoms with van der Waals surface area (Å²) >= 11 is 0. The van der Waals surface area contributed by atoms with Gasteiger partial charge in [-0.25, -0.2) is 8.78 Å². The smallest absolute Gasteiger partial charge is 0.255 e. The number of hydrogen-bond donors (Lipinski definition) is 1. The summed E-state index contributed by atoms with van der Waals surface area (Å²) in [5.41, 5.74) is 1.92. The Balaban J connectivity index is 1.79. The molecular formula is C20H20F2N2O2. The molecule has 0 aliphatic carbocycles. The van der Waals surface area contributed by atoms with Crippen molar-refractivity contribution >= 4 is 23.2 Å². The van der Waals surface area contributed by atoms with Crippen LogP contribution in [0.4, 0.5) is 20.2 Å². The van der Waals surface area contributed by atoms with Gasteiger partial charge < -0.3 is 10.2 Å². The number of nitrogens with zero attached hydrogens (tertiary/aromatic N) is 1. The molecular weight excluding hydrogens is 338 g/mol. The van der Waals surface area contributed by atoms with Crippen LogP contribution >= 0.6 is 0 Å². The summed E-state index contributed by atoms with van der Waals surface area (Å²) in [5.74, 6) is -2.54. The molecule has 136 valence electrons. The van der Waals surface area contributed by atoms with Crippen LogP contribution in [0.2, 0.25) is 0 Å². The van der Waals surface area contributed by atoms with E-state index in [-0.39, 0.29) is 11.5 Å². The third kappa shape index (κ3) is 3.45. The lowest BCUT2D eigenvalue weighted by molar-refractivity contribution is -0.125. The van der Waals surface area contributed by atoms with Crippen molar-refractivity contribution in [3.8, 4) is 0 Å². The molecule has 0 saturated heterocycles. The van der Waals surface area contributed by atoms with Gasteiger partial charge in [-0.1, -0.05) is 20.8 Å². The van der Waals surface area contributed by atoms with E-state index in [0.29, 0.717) is 18.7 Å². The molecule has 1 N–H and O–H groups in total. The number of carbonyl (C=O) groups is 2. The molecule has 0 unspecified atom stereocenters. The summed E-state index contributed by atoms with van der Waals surface area (Å²) in [6.07, 6.45) is 0.700. The van der Waals surface area contributed by atoms with E-state index in [9.17, 15) is 18.4 Å². The molecule has 4 nitrogen and oxygen atoms in total. The van der Waals surface area contributed by atoms with Crippen LogP contribution in [0.15, 0.2) is 36.4 Å². The molecule has 0 bridgehead atoms. The highest BCUT2D eigenvalue weighted by Gasteiger charge is 2.32. The minimum atomic E-state index is -1.07. The second-order valence-electron chi connectivity index (χ2n) is 7.38. The molecule has 2 aromatic carbocycles. The van der Waals surface area contributed by atoms with Crippen molar-refractivity contribution in [2.45, 2.75) is 27.2 Å². The highest BCUT2D eigenvalue weighted by Crippen LogP contribution is 2.33. The number of nitrogens with one attached hydrogen (secondary N) is 1. The van der Waals surface area contributed by atoms with Crippen molar-refractivity contribution in [3.05, 3.63) is 59.2 Å². The van der Waals surface area contributed by atoms with Gasteiger partial charge in [0.2, 0.25) is 5.91 Å². The molecule has 0 aromatic heterocycles. The summed E-state index contributed by atoms with van der Waals surface area (Å²) in [6, 6.07) is 8.32. The molecule has 2 amide bonds. The number of carbonyl (C=O) groups excluding carboxylic acids is 2. The van der Waals surface area contributed by atoms with E-state index >= 15 is 0 Å². The first-order valence-corrected chi connectivity index (χ1v) is 8.38. The first kappa shape index (κ1) is 18.0. The minimum absolute atomic E-state index is 0.0361. The molecule has 0 fully saturated rings. The van der Waals surface area contributed by atoms with Crippen molar-refractivity contribution in [3.63, 3.8) is 0 Å². The molecule has 6 heteroatoms.